The topological polar surface area (TPSA) is 76.2 Å². The number of para-hydroxylation sites is 1. The van der Waals surface area contributed by atoms with Gasteiger partial charge in [-0.25, -0.2) is 0 Å². The maximum Gasteiger partial charge on any atom is 0.270 e. The van der Waals surface area contributed by atoms with Gasteiger partial charge in [-0.2, -0.15) is 5.26 Å². The van der Waals surface area contributed by atoms with E-state index in [9.17, 15) is 15.4 Å². The Bertz CT molecular complexity index is 1010. The van der Waals surface area contributed by atoms with Gasteiger partial charge in [0, 0.05) is 12.1 Å². The molecule has 0 spiro atoms. The van der Waals surface area contributed by atoms with Crippen LogP contribution in [0.4, 0.5) is 5.69 Å². The molecule has 26 heavy (non-hydrogen) atoms. The SMILES string of the molecule is N#CC(=Cc1cccc(Oc2ccccc2)c1)c1cccc([N+](=O)[O-])c1. The largest absolute Gasteiger partial charge is 0.457 e. The molecule has 0 fully saturated rings. The minimum absolute atomic E-state index is 0.0511. The van der Waals surface area contributed by atoms with Gasteiger partial charge >= 0.3 is 0 Å². The minimum Gasteiger partial charge on any atom is -0.457 e. The lowest BCUT2D eigenvalue weighted by atomic mass is 10.0. The molecule has 0 heterocycles. The molecule has 0 aromatic heterocycles. The van der Waals surface area contributed by atoms with Crippen molar-refractivity contribution >= 4 is 17.3 Å². The normalized spacial score (nSPS) is 10.8. The zero-order valence-corrected chi connectivity index (χ0v) is 13.7. The predicted octanol–water partition coefficient (Wildman–Crippen LogP) is 5.45. The number of hydrogen-bond donors (Lipinski definition) is 0. The summed E-state index contributed by atoms with van der Waals surface area (Å²) in [6.07, 6.45) is 1.68. The standard InChI is InChI=1S/C21H14N2O3/c22-15-18(17-7-5-8-19(14-17)23(24)25)12-16-6-4-11-21(13-16)26-20-9-2-1-3-10-20/h1-14H. The number of benzene rings is 3. The van der Waals surface area contributed by atoms with Crippen molar-refractivity contribution in [2.45, 2.75) is 0 Å². The van der Waals surface area contributed by atoms with Gasteiger partial charge in [-0.1, -0.05) is 42.5 Å². The van der Waals surface area contributed by atoms with Gasteiger partial charge in [-0.05, 0) is 41.5 Å². The van der Waals surface area contributed by atoms with Crippen LogP contribution in [0, 0.1) is 21.4 Å². The van der Waals surface area contributed by atoms with Crippen LogP contribution in [0.15, 0.2) is 78.9 Å². The Labute approximate surface area is 150 Å². The number of nitro groups is 1. The third-order valence-corrected chi connectivity index (χ3v) is 3.64. The summed E-state index contributed by atoms with van der Waals surface area (Å²) in [4.78, 5) is 10.4. The summed E-state index contributed by atoms with van der Waals surface area (Å²) >= 11 is 0. The summed E-state index contributed by atoms with van der Waals surface area (Å²) < 4.78 is 5.79. The van der Waals surface area contributed by atoms with E-state index < -0.39 is 4.92 Å². The molecule has 0 atom stereocenters. The maximum atomic E-state index is 10.9. The van der Waals surface area contributed by atoms with E-state index in [0.29, 0.717) is 22.6 Å². The first-order valence-electron chi connectivity index (χ1n) is 7.85. The number of allylic oxidation sites excluding steroid dienone is 1. The number of nitriles is 1. The molecule has 0 saturated heterocycles. The van der Waals surface area contributed by atoms with Gasteiger partial charge in [0.25, 0.3) is 5.69 Å². The van der Waals surface area contributed by atoms with Gasteiger partial charge in [0.1, 0.15) is 11.5 Å². The van der Waals surface area contributed by atoms with Crippen LogP contribution >= 0.6 is 0 Å². The number of ether oxygens (including phenoxy) is 1. The summed E-state index contributed by atoms with van der Waals surface area (Å²) in [6.45, 7) is 0. The summed E-state index contributed by atoms with van der Waals surface area (Å²) in [5.74, 6) is 1.36. The van der Waals surface area contributed by atoms with Gasteiger partial charge in [-0.3, -0.25) is 10.1 Å². The van der Waals surface area contributed by atoms with Gasteiger partial charge < -0.3 is 4.74 Å². The number of nitrogens with zero attached hydrogens (tertiary/aromatic N) is 2. The zero-order chi connectivity index (χ0) is 18.4. The number of hydrogen-bond acceptors (Lipinski definition) is 4. The summed E-state index contributed by atoms with van der Waals surface area (Å²) in [5.41, 5.74) is 1.55. The van der Waals surface area contributed by atoms with Crippen molar-refractivity contribution in [3.63, 3.8) is 0 Å². The van der Waals surface area contributed by atoms with E-state index in [1.165, 1.54) is 12.1 Å². The van der Waals surface area contributed by atoms with Crippen LogP contribution in [0.3, 0.4) is 0 Å². The molecule has 0 aliphatic heterocycles. The first-order chi connectivity index (χ1) is 12.7. The van der Waals surface area contributed by atoms with Crippen molar-refractivity contribution in [3.8, 4) is 17.6 Å². The molecule has 126 valence electrons. The van der Waals surface area contributed by atoms with Crippen LogP contribution in [-0.2, 0) is 0 Å². The molecule has 3 aromatic carbocycles. The van der Waals surface area contributed by atoms with Crippen LogP contribution in [0.25, 0.3) is 11.6 Å². The second-order valence-electron chi connectivity index (χ2n) is 5.46. The fourth-order valence-electron chi connectivity index (χ4n) is 2.43. The van der Waals surface area contributed by atoms with E-state index >= 15 is 0 Å². The van der Waals surface area contributed by atoms with Crippen molar-refractivity contribution in [1.82, 2.24) is 0 Å². The molecular formula is C21H14N2O3. The zero-order valence-electron chi connectivity index (χ0n) is 13.7. The highest BCUT2D eigenvalue weighted by Crippen LogP contribution is 2.25. The van der Waals surface area contributed by atoms with Crippen molar-refractivity contribution in [1.29, 1.82) is 5.26 Å². The number of nitro benzene ring substituents is 1. The van der Waals surface area contributed by atoms with Gasteiger partial charge in [0.05, 0.1) is 16.6 Å². The molecule has 0 radical (unpaired) electrons. The Morgan fingerprint density at radius 3 is 2.42 bits per heavy atom. The van der Waals surface area contributed by atoms with E-state index in [1.54, 1.807) is 18.2 Å². The maximum absolute atomic E-state index is 10.9. The highest BCUT2D eigenvalue weighted by Gasteiger charge is 2.09. The monoisotopic (exact) mass is 342 g/mol. The smallest absolute Gasteiger partial charge is 0.270 e. The molecule has 3 aromatic rings. The second kappa shape index (κ2) is 7.77. The Kier molecular flexibility index (Phi) is 5.06. The fraction of sp³-hybridized carbons (Fsp3) is 0. The quantitative estimate of drug-likeness (QED) is 0.267. The average molecular weight is 342 g/mol. The lowest BCUT2D eigenvalue weighted by molar-refractivity contribution is -0.384. The van der Waals surface area contributed by atoms with E-state index in [2.05, 4.69) is 6.07 Å². The molecule has 0 aliphatic rings. The highest BCUT2D eigenvalue weighted by molar-refractivity contribution is 5.90. The molecule has 0 aliphatic carbocycles. The van der Waals surface area contributed by atoms with Gasteiger partial charge in [0.2, 0.25) is 0 Å². The van der Waals surface area contributed by atoms with E-state index in [-0.39, 0.29) is 5.69 Å². The molecular weight excluding hydrogens is 328 g/mol. The van der Waals surface area contributed by atoms with Crippen LogP contribution in [-0.4, -0.2) is 4.92 Å². The summed E-state index contributed by atoms with van der Waals surface area (Å²) in [7, 11) is 0. The van der Waals surface area contributed by atoms with Crippen molar-refractivity contribution < 1.29 is 9.66 Å². The lowest BCUT2D eigenvalue weighted by Gasteiger charge is -2.06. The van der Waals surface area contributed by atoms with Crippen LogP contribution in [0.2, 0.25) is 0 Å². The molecule has 0 amide bonds. The van der Waals surface area contributed by atoms with Crippen molar-refractivity contribution in [2.24, 2.45) is 0 Å². The summed E-state index contributed by atoms with van der Waals surface area (Å²) in [5, 5.41) is 20.4. The summed E-state index contributed by atoms with van der Waals surface area (Å²) in [6, 6.07) is 24.8. The van der Waals surface area contributed by atoms with Gasteiger partial charge in [0.15, 0.2) is 0 Å². The predicted molar refractivity (Wildman–Crippen MR) is 99.5 cm³/mol. The fourth-order valence-corrected chi connectivity index (χ4v) is 2.43. The molecule has 5 heteroatoms. The third kappa shape index (κ3) is 4.13. The Balaban J connectivity index is 1.90. The van der Waals surface area contributed by atoms with E-state index in [4.69, 9.17) is 4.74 Å². The third-order valence-electron chi connectivity index (χ3n) is 3.64. The van der Waals surface area contributed by atoms with Crippen LogP contribution < -0.4 is 4.74 Å². The van der Waals surface area contributed by atoms with Gasteiger partial charge in [-0.15, -0.1) is 0 Å². The second-order valence-corrected chi connectivity index (χ2v) is 5.46. The molecule has 0 unspecified atom stereocenters. The molecule has 0 saturated carbocycles. The first kappa shape index (κ1) is 16.9. The molecule has 5 nitrogen and oxygen atoms in total. The Morgan fingerprint density at radius 2 is 1.69 bits per heavy atom. The van der Waals surface area contributed by atoms with Crippen molar-refractivity contribution in [3.05, 3.63) is 100 Å². The number of rotatable bonds is 5. The van der Waals surface area contributed by atoms with E-state index in [1.807, 2.05) is 54.6 Å². The van der Waals surface area contributed by atoms with Crippen LogP contribution in [0.1, 0.15) is 11.1 Å². The number of non-ortho nitro benzene ring substituents is 1. The minimum atomic E-state index is -0.479. The lowest BCUT2D eigenvalue weighted by Crippen LogP contribution is -1.90. The molecule has 0 bridgehead atoms. The van der Waals surface area contributed by atoms with Crippen LogP contribution in [0.5, 0.6) is 11.5 Å². The first-order valence-corrected chi connectivity index (χ1v) is 7.85. The highest BCUT2D eigenvalue weighted by atomic mass is 16.6. The Morgan fingerprint density at radius 1 is 0.962 bits per heavy atom. The molecule has 0 N–H and O–H groups in total. The Hall–Kier alpha value is -3.91. The van der Waals surface area contributed by atoms with Crippen molar-refractivity contribution in [2.75, 3.05) is 0 Å². The van der Waals surface area contributed by atoms with E-state index in [0.717, 1.165) is 5.56 Å². The molecule has 3 rings (SSSR count). The average Bonchev–Trinajstić information content (AvgIpc) is 2.67.